The monoisotopic (exact) mass is 395 g/mol. The lowest BCUT2D eigenvalue weighted by atomic mass is 10.1. The van der Waals surface area contributed by atoms with E-state index in [9.17, 15) is 4.79 Å². The number of benzene rings is 2. The van der Waals surface area contributed by atoms with Crippen molar-refractivity contribution in [3.8, 4) is 16.3 Å². The lowest BCUT2D eigenvalue weighted by Crippen LogP contribution is -2.35. The fraction of sp³-hybridized carbons (Fsp3) is 0.273. The van der Waals surface area contributed by atoms with Gasteiger partial charge in [0.25, 0.3) is 0 Å². The van der Waals surface area contributed by atoms with E-state index in [0.717, 1.165) is 22.0 Å². The lowest BCUT2D eigenvalue weighted by Gasteiger charge is -2.25. The quantitative estimate of drug-likeness (QED) is 0.631. The molecule has 5 nitrogen and oxygen atoms in total. The largest absolute Gasteiger partial charge is 0.497 e. The van der Waals surface area contributed by atoms with Crippen molar-refractivity contribution in [1.29, 1.82) is 0 Å². The molecule has 0 aliphatic carbocycles. The number of methoxy groups -OCH3 is 1. The van der Waals surface area contributed by atoms with Crippen LogP contribution < -0.4 is 10.1 Å². The lowest BCUT2D eigenvalue weighted by molar-refractivity contribution is -0.120. The van der Waals surface area contributed by atoms with Crippen molar-refractivity contribution in [2.45, 2.75) is 12.5 Å². The van der Waals surface area contributed by atoms with Crippen LogP contribution in [0.4, 0.5) is 0 Å². The molecule has 0 saturated carbocycles. The van der Waals surface area contributed by atoms with E-state index in [4.69, 9.17) is 4.74 Å². The number of carbonyl (C=O) groups is 1. The number of nitrogens with zero attached hydrogens (tertiary/aromatic N) is 2. The predicted molar refractivity (Wildman–Crippen MR) is 114 cm³/mol. The highest BCUT2D eigenvalue weighted by molar-refractivity contribution is 7.13. The van der Waals surface area contributed by atoms with Crippen molar-refractivity contribution >= 4 is 17.2 Å². The topological polar surface area (TPSA) is 54.5 Å². The van der Waals surface area contributed by atoms with Gasteiger partial charge in [-0.2, -0.15) is 0 Å². The van der Waals surface area contributed by atoms with E-state index in [1.807, 2.05) is 61.9 Å². The second-order valence-corrected chi connectivity index (χ2v) is 7.60. The van der Waals surface area contributed by atoms with Crippen LogP contribution in [-0.4, -0.2) is 43.5 Å². The minimum Gasteiger partial charge on any atom is -0.497 e. The van der Waals surface area contributed by atoms with E-state index in [0.29, 0.717) is 6.54 Å². The molecule has 2 aromatic carbocycles. The van der Waals surface area contributed by atoms with Crippen LogP contribution in [0.1, 0.15) is 17.3 Å². The van der Waals surface area contributed by atoms with Gasteiger partial charge in [-0.15, -0.1) is 11.3 Å². The van der Waals surface area contributed by atoms with Crippen molar-refractivity contribution < 1.29 is 9.53 Å². The number of likely N-dealkylation sites (N-methyl/N-ethyl adjacent to an activating group) is 1. The van der Waals surface area contributed by atoms with Gasteiger partial charge in [0.15, 0.2) is 0 Å². The van der Waals surface area contributed by atoms with Crippen LogP contribution in [0.25, 0.3) is 10.6 Å². The van der Waals surface area contributed by atoms with Crippen LogP contribution >= 0.6 is 11.3 Å². The molecule has 0 saturated heterocycles. The molecule has 0 aliphatic heterocycles. The van der Waals surface area contributed by atoms with E-state index in [-0.39, 0.29) is 18.4 Å². The molecule has 0 bridgehead atoms. The Morgan fingerprint density at radius 3 is 2.50 bits per heavy atom. The molecule has 0 fully saturated rings. The minimum absolute atomic E-state index is 0.0191. The van der Waals surface area contributed by atoms with E-state index in [2.05, 4.69) is 27.3 Å². The van der Waals surface area contributed by atoms with Gasteiger partial charge < -0.3 is 15.0 Å². The van der Waals surface area contributed by atoms with E-state index >= 15 is 0 Å². The molecular weight excluding hydrogens is 370 g/mol. The molecule has 1 aromatic heterocycles. The van der Waals surface area contributed by atoms with Crippen LogP contribution in [0.2, 0.25) is 0 Å². The van der Waals surface area contributed by atoms with Crippen molar-refractivity contribution in [3.05, 3.63) is 71.2 Å². The summed E-state index contributed by atoms with van der Waals surface area (Å²) in [7, 11) is 5.69. The molecule has 1 N–H and O–H groups in total. The second kappa shape index (κ2) is 9.48. The van der Waals surface area contributed by atoms with Crippen molar-refractivity contribution in [2.75, 3.05) is 27.7 Å². The van der Waals surface area contributed by atoms with Gasteiger partial charge in [-0.05, 0) is 43.9 Å². The molecular formula is C22H25N3O2S. The molecule has 0 spiro atoms. The first-order valence-corrected chi connectivity index (χ1v) is 10.0. The van der Waals surface area contributed by atoms with Gasteiger partial charge in [0, 0.05) is 17.5 Å². The zero-order valence-electron chi connectivity index (χ0n) is 16.4. The Bertz CT molecular complexity index is 892. The van der Waals surface area contributed by atoms with Gasteiger partial charge in [-0.3, -0.25) is 4.79 Å². The summed E-state index contributed by atoms with van der Waals surface area (Å²) in [4.78, 5) is 19.1. The van der Waals surface area contributed by atoms with E-state index < -0.39 is 0 Å². The highest BCUT2D eigenvalue weighted by Crippen LogP contribution is 2.26. The number of nitrogens with one attached hydrogen (secondary N) is 1. The van der Waals surface area contributed by atoms with Gasteiger partial charge >= 0.3 is 0 Å². The number of amides is 1. The third kappa shape index (κ3) is 5.18. The normalized spacial score (nSPS) is 12.0. The number of hydrogen-bond donors (Lipinski definition) is 1. The van der Waals surface area contributed by atoms with E-state index in [1.54, 1.807) is 18.4 Å². The molecule has 3 rings (SSSR count). The van der Waals surface area contributed by atoms with Gasteiger partial charge in [-0.1, -0.05) is 30.3 Å². The van der Waals surface area contributed by atoms with Crippen molar-refractivity contribution in [2.24, 2.45) is 0 Å². The average Bonchev–Trinajstić information content (AvgIpc) is 3.17. The second-order valence-electron chi connectivity index (χ2n) is 6.74. The smallest absolute Gasteiger partial charge is 0.226 e. The highest BCUT2D eigenvalue weighted by Gasteiger charge is 2.16. The van der Waals surface area contributed by atoms with Gasteiger partial charge in [0.05, 0.1) is 25.3 Å². The summed E-state index contributed by atoms with van der Waals surface area (Å²) >= 11 is 1.54. The summed E-state index contributed by atoms with van der Waals surface area (Å²) in [5.41, 5.74) is 2.99. The molecule has 28 heavy (non-hydrogen) atoms. The number of carbonyl (C=O) groups excluding carboxylic acids is 1. The zero-order valence-corrected chi connectivity index (χ0v) is 17.2. The third-order valence-electron chi connectivity index (χ3n) is 4.53. The van der Waals surface area contributed by atoms with Crippen LogP contribution in [-0.2, 0) is 11.2 Å². The Hall–Kier alpha value is -2.70. The van der Waals surface area contributed by atoms with Crippen molar-refractivity contribution in [1.82, 2.24) is 15.2 Å². The standard InChI is InChI=1S/C22H25N3O2S/c1-25(2)20(16-7-5-4-6-8-16)14-23-21(26)13-18-15-28-22(24-18)17-9-11-19(27-3)12-10-17/h4-12,15,20H,13-14H2,1-3H3,(H,23,26). The Morgan fingerprint density at radius 1 is 1.14 bits per heavy atom. The summed E-state index contributed by atoms with van der Waals surface area (Å²) < 4.78 is 5.18. The molecule has 0 radical (unpaired) electrons. The minimum atomic E-state index is -0.0191. The fourth-order valence-electron chi connectivity index (χ4n) is 2.97. The number of aromatic nitrogens is 1. The van der Waals surface area contributed by atoms with E-state index in [1.165, 1.54) is 5.56 Å². The van der Waals surface area contributed by atoms with Gasteiger partial charge in [0.1, 0.15) is 10.8 Å². The van der Waals surface area contributed by atoms with Crippen LogP contribution in [0.5, 0.6) is 5.75 Å². The first kappa shape index (κ1) is 20.0. The maximum atomic E-state index is 12.4. The molecule has 146 valence electrons. The van der Waals surface area contributed by atoms with Crippen LogP contribution in [0.15, 0.2) is 60.0 Å². The molecule has 3 aromatic rings. The number of ether oxygens (including phenoxy) is 1. The van der Waals surface area contributed by atoms with Crippen LogP contribution in [0.3, 0.4) is 0 Å². The highest BCUT2D eigenvalue weighted by atomic mass is 32.1. The Kier molecular flexibility index (Phi) is 6.79. The first-order valence-electron chi connectivity index (χ1n) is 9.13. The van der Waals surface area contributed by atoms with Crippen molar-refractivity contribution in [3.63, 3.8) is 0 Å². The number of thiazole rings is 1. The molecule has 0 aliphatic rings. The Labute approximate surface area is 170 Å². The third-order valence-corrected chi connectivity index (χ3v) is 5.47. The Morgan fingerprint density at radius 2 is 1.86 bits per heavy atom. The summed E-state index contributed by atoms with van der Waals surface area (Å²) in [6.45, 7) is 0.561. The SMILES string of the molecule is COc1ccc(-c2nc(CC(=O)NCC(c3ccccc3)N(C)C)cs2)cc1. The van der Waals surface area contributed by atoms with Crippen LogP contribution in [0, 0.1) is 0 Å². The molecule has 1 amide bonds. The maximum absolute atomic E-state index is 12.4. The average molecular weight is 396 g/mol. The summed E-state index contributed by atoms with van der Waals surface area (Å²) in [6.07, 6.45) is 0.279. The molecule has 6 heteroatoms. The number of rotatable bonds is 8. The Balaban J connectivity index is 1.58. The van der Waals surface area contributed by atoms with Gasteiger partial charge in [-0.25, -0.2) is 4.98 Å². The fourth-order valence-corrected chi connectivity index (χ4v) is 3.79. The molecule has 1 unspecified atom stereocenters. The van der Waals surface area contributed by atoms with Gasteiger partial charge in [0.2, 0.25) is 5.91 Å². The summed E-state index contributed by atoms with van der Waals surface area (Å²) in [5, 5.41) is 5.89. The summed E-state index contributed by atoms with van der Waals surface area (Å²) in [5.74, 6) is 0.795. The first-order chi connectivity index (χ1) is 13.6. The maximum Gasteiger partial charge on any atom is 0.226 e. The summed E-state index contributed by atoms with van der Waals surface area (Å²) in [6, 6.07) is 18.1. The number of hydrogen-bond acceptors (Lipinski definition) is 5. The molecule has 1 atom stereocenters. The zero-order chi connectivity index (χ0) is 19.9. The predicted octanol–water partition coefficient (Wildman–Crippen LogP) is 3.78. The molecule has 1 heterocycles.